The highest BCUT2D eigenvalue weighted by Crippen LogP contribution is 2.45. The Morgan fingerprint density at radius 2 is 1.11 bits per heavy atom. The number of nitrogens with zero attached hydrogens (tertiary/aromatic N) is 4. The summed E-state index contributed by atoms with van der Waals surface area (Å²) in [5, 5.41) is 8.33. The highest BCUT2D eigenvalue weighted by molar-refractivity contribution is 6.23. The molecule has 3 aromatic heterocycles. The van der Waals surface area contributed by atoms with E-state index in [1.165, 1.54) is 54.5 Å². The number of rotatable bonds is 4. The molecule has 2 atom stereocenters. The second-order valence-electron chi connectivity index (χ2n) is 14.9. The van der Waals surface area contributed by atoms with E-state index >= 15 is 0 Å². The standard InChI is InChI=1S/C52H34N4/c1-2-17-35(18-3-1)55-46-27-12-9-21-39(46)44-31-34(29-30-48(44)55)51-41-23-8-11-26-45(41)53-52(54-51)56-47-28-13-10-24-42(47)50-40-22-7-6-20-38(40)43(32-49(50)56)37-25-14-16-33-15-4-5-19-36(33)37/h1-33,36H. The molecule has 56 heavy (non-hydrogen) atoms. The van der Waals surface area contributed by atoms with Gasteiger partial charge in [-0.2, -0.15) is 0 Å². The number of aromatic nitrogens is 4. The monoisotopic (exact) mass is 714 g/mol. The molecule has 4 nitrogen and oxygen atoms in total. The first kappa shape index (κ1) is 31.1. The third-order valence-corrected chi connectivity index (χ3v) is 11.9. The van der Waals surface area contributed by atoms with Crippen molar-refractivity contribution in [3.05, 3.63) is 200 Å². The molecule has 0 bridgehead atoms. The number of benzene rings is 7. The van der Waals surface area contributed by atoms with Crippen LogP contribution in [0.1, 0.15) is 5.56 Å². The van der Waals surface area contributed by atoms with Gasteiger partial charge in [0.2, 0.25) is 5.95 Å². The van der Waals surface area contributed by atoms with Crippen LogP contribution >= 0.6 is 0 Å². The minimum atomic E-state index is 0.273. The summed E-state index contributed by atoms with van der Waals surface area (Å²) in [5.74, 6) is 1.27. The Morgan fingerprint density at radius 1 is 0.446 bits per heavy atom. The van der Waals surface area contributed by atoms with E-state index in [4.69, 9.17) is 9.97 Å². The normalized spacial score (nSPS) is 16.5. The minimum absolute atomic E-state index is 0.273. The van der Waals surface area contributed by atoms with Crippen molar-refractivity contribution in [2.75, 3.05) is 0 Å². The minimum Gasteiger partial charge on any atom is -0.309 e. The molecule has 262 valence electrons. The Hall–Kier alpha value is -7.30. The summed E-state index contributed by atoms with van der Waals surface area (Å²) in [6.07, 6.45) is 15.9. The summed E-state index contributed by atoms with van der Waals surface area (Å²) < 4.78 is 4.65. The first-order valence-electron chi connectivity index (χ1n) is 19.3. The average Bonchev–Trinajstić information content (AvgIpc) is 3.78. The van der Waals surface area contributed by atoms with Gasteiger partial charge in [0.1, 0.15) is 0 Å². The van der Waals surface area contributed by atoms with Crippen molar-refractivity contribution in [2.24, 2.45) is 11.8 Å². The summed E-state index contributed by atoms with van der Waals surface area (Å²) in [6.45, 7) is 0. The Labute approximate surface area is 323 Å². The average molecular weight is 715 g/mol. The summed E-state index contributed by atoms with van der Waals surface area (Å²) in [4.78, 5) is 10.9. The topological polar surface area (TPSA) is 35.6 Å². The zero-order valence-corrected chi connectivity index (χ0v) is 30.4. The highest BCUT2D eigenvalue weighted by Gasteiger charge is 2.27. The predicted molar refractivity (Wildman–Crippen MR) is 234 cm³/mol. The summed E-state index contributed by atoms with van der Waals surface area (Å²) >= 11 is 0. The fourth-order valence-corrected chi connectivity index (χ4v) is 9.43. The zero-order chi connectivity index (χ0) is 36.7. The Bertz CT molecular complexity index is 3370. The molecule has 10 aromatic rings. The Balaban J connectivity index is 1.14. The van der Waals surface area contributed by atoms with Crippen molar-refractivity contribution in [3.63, 3.8) is 0 Å². The maximum atomic E-state index is 5.55. The van der Waals surface area contributed by atoms with E-state index in [0.717, 1.165) is 38.9 Å². The van der Waals surface area contributed by atoms with Crippen molar-refractivity contribution in [1.82, 2.24) is 19.1 Å². The molecule has 0 saturated carbocycles. The maximum absolute atomic E-state index is 5.55. The van der Waals surface area contributed by atoms with Gasteiger partial charge in [0, 0.05) is 50.0 Å². The molecule has 12 rings (SSSR count). The second-order valence-corrected chi connectivity index (χ2v) is 14.9. The van der Waals surface area contributed by atoms with Crippen LogP contribution in [-0.4, -0.2) is 19.1 Å². The van der Waals surface area contributed by atoms with Crippen molar-refractivity contribution >= 4 is 70.9 Å². The SMILES string of the molecule is C1=CC2C=CC=C(c3cc4c(c5ccccc35)c3ccccc3n4-c3nc(-c4ccc5c(c4)c4ccccc4n5-c4ccccc4)c4ccccc4n3)C2C=C1. The molecule has 0 saturated heterocycles. The summed E-state index contributed by atoms with van der Waals surface area (Å²) in [7, 11) is 0. The zero-order valence-electron chi connectivity index (χ0n) is 30.4. The highest BCUT2D eigenvalue weighted by atomic mass is 15.2. The molecule has 2 aliphatic carbocycles. The van der Waals surface area contributed by atoms with Crippen LogP contribution in [0.5, 0.6) is 0 Å². The van der Waals surface area contributed by atoms with Gasteiger partial charge in [0.05, 0.1) is 33.3 Å². The number of para-hydroxylation sites is 4. The fraction of sp³-hybridized carbons (Fsp3) is 0.0385. The van der Waals surface area contributed by atoms with Crippen LogP contribution in [0.25, 0.3) is 93.8 Å². The lowest BCUT2D eigenvalue weighted by molar-refractivity contribution is 0.678. The lowest BCUT2D eigenvalue weighted by atomic mass is 9.76. The number of fused-ring (bicyclic) bond motifs is 10. The molecule has 0 spiro atoms. The molecule has 2 aliphatic rings. The van der Waals surface area contributed by atoms with Crippen LogP contribution in [0, 0.1) is 11.8 Å². The van der Waals surface area contributed by atoms with Crippen molar-refractivity contribution in [2.45, 2.75) is 0 Å². The van der Waals surface area contributed by atoms with Gasteiger partial charge in [-0.15, -0.1) is 0 Å². The Morgan fingerprint density at radius 3 is 1.96 bits per heavy atom. The Kier molecular flexibility index (Phi) is 6.72. The van der Waals surface area contributed by atoms with E-state index in [1.54, 1.807) is 0 Å². The van der Waals surface area contributed by atoms with Crippen LogP contribution < -0.4 is 0 Å². The molecule has 0 aliphatic heterocycles. The largest absolute Gasteiger partial charge is 0.309 e. The van der Waals surface area contributed by atoms with Crippen LogP contribution in [0.4, 0.5) is 0 Å². The molecular weight excluding hydrogens is 681 g/mol. The van der Waals surface area contributed by atoms with Gasteiger partial charge in [-0.05, 0) is 70.4 Å². The third kappa shape index (κ3) is 4.53. The van der Waals surface area contributed by atoms with E-state index < -0.39 is 0 Å². The van der Waals surface area contributed by atoms with E-state index in [-0.39, 0.29) is 5.92 Å². The molecule has 0 radical (unpaired) electrons. The van der Waals surface area contributed by atoms with Crippen LogP contribution in [0.2, 0.25) is 0 Å². The number of allylic oxidation sites excluding steroid dienone is 8. The second kappa shape index (κ2) is 12.1. The number of hydrogen-bond acceptors (Lipinski definition) is 2. The third-order valence-electron chi connectivity index (χ3n) is 11.9. The van der Waals surface area contributed by atoms with Gasteiger partial charge in [-0.1, -0.05) is 146 Å². The van der Waals surface area contributed by atoms with E-state index in [9.17, 15) is 0 Å². The molecule has 4 heteroatoms. The van der Waals surface area contributed by atoms with Crippen molar-refractivity contribution in [3.8, 4) is 22.9 Å². The van der Waals surface area contributed by atoms with Gasteiger partial charge >= 0.3 is 0 Å². The lowest BCUT2D eigenvalue weighted by Gasteiger charge is -2.28. The molecule has 3 heterocycles. The quantitative estimate of drug-likeness (QED) is 0.182. The number of hydrogen-bond donors (Lipinski definition) is 0. The first-order valence-corrected chi connectivity index (χ1v) is 19.3. The molecular formula is C52H34N4. The predicted octanol–water partition coefficient (Wildman–Crippen LogP) is 13.0. The van der Waals surface area contributed by atoms with Crippen molar-refractivity contribution < 1.29 is 0 Å². The van der Waals surface area contributed by atoms with Gasteiger partial charge in [-0.25, -0.2) is 9.97 Å². The molecule has 0 N–H and O–H groups in total. The molecule has 0 amide bonds. The fourth-order valence-electron chi connectivity index (χ4n) is 9.43. The van der Waals surface area contributed by atoms with E-state index in [2.05, 4.69) is 203 Å². The first-order chi connectivity index (χ1) is 27.8. The van der Waals surface area contributed by atoms with Crippen LogP contribution in [0.15, 0.2) is 194 Å². The smallest absolute Gasteiger partial charge is 0.235 e. The van der Waals surface area contributed by atoms with E-state index in [0.29, 0.717) is 11.9 Å². The summed E-state index contributed by atoms with van der Waals surface area (Å²) in [5.41, 5.74) is 11.1. The molecule has 0 fully saturated rings. The molecule has 7 aromatic carbocycles. The van der Waals surface area contributed by atoms with Crippen LogP contribution in [0.3, 0.4) is 0 Å². The van der Waals surface area contributed by atoms with Gasteiger partial charge < -0.3 is 4.57 Å². The van der Waals surface area contributed by atoms with Crippen LogP contribution in [-0.2, 0) is 0 Å². The summed E-state index contributed by atoms with van der Waals surface area (Å²) in [6, 6.07) is 54.5. The van der Waals surface area contributed by atoms with Gasteiger partial charge in [0.25, 0.3) is 0 Å². The van der Waals surface area contributed by atoms with Crippen molar-refractivity contribution in [1.29, 1.82) is 0 Å². The lowest BCUT2D eigenvalue weighted by Crippen LogP contribution is -2.15. The van der Waals surface area contributed by atoms with E-state index in [1.807, 2.05) is 0 Å². The molecule has 2 unspecified atom stereocenters. The van der Waals surface area contributed by atoms with Gasteiger partial charge in [0.15, 0.2) is 0 Å². The maximum Gasteiger partial charge on any atom is 0.235 e. The van der Waals surface area contributed by atoms with Gasteiger partial charge in [-0.3, -0.25) is 4.57 Å².